The van der Waals surface area contributed by atoms with E-state index in [0.717, 1.165) is 29.0 Å². The van der Waals surface area contributed by atoms with Gasteiger partial charge in [0.15, 0.2) is 11.5 Å². The van der Waals surface area contributed by atoms with Crippen molar-refractivity contribution in [3.63, 3.8) is 0 Å². The summed E-state index contributed by atoms with van der Waals surface area (Å²) in [7, 11) is 0. The van der Waals surface area contributed by atoms with E-state index in [9.17, 15) is 0 Å². The molecule has 0 saturated heterocycles. The lowest BCUT2D eigenvalue weighted by Gasteiger charge is -2.38. The predicted molar refractivity (Wildman–Crippen MR) is 107 cm³/mol. The van der Waals surface area contributed by atoms with Crippen molar-refractivity contribution in [1.82, 2.24) is 5.01 Å². The summed E-state index contributed by atoms with van der Waals surface area (Å²) in [5, 5.41) is 9.63. The second kappa shape index (κ2) is 6.15. The number of hydrogen-bond acceptors (Lipinski definition) is 6. The molecule has 2 atom stereocenters. The van der Waals surface area contributed by atoms with Gasteiger partial charge in [-0.3, -0.25) is 0 Å². The van der Waals surface area contributed by atoms with Crippen LogP contribution in [-0.2, 0) is 0 Å². The van der Waals surface area contributed by atoms with E-state index in [-0.39, 0.29) is 12.8 Å². The van der Waals surface area contributed by atoms with Crippen molar-refractivity contribution in [3.8, 4) is 17.2 Å². The molecular formula is C21H15ClN2O3S. The smallest absolute Gasteiger partial charge is 0.231 e. The Balaban J connectivity index is 1.48. The van der Waals surface area contributed by atoms with Gasteiger partial charge in [0.1, 0.15) is 5.75 Å². The van der Waals surface area contributed by atoms with Crippen LogP contribution < -0.4 is 14.2 Å². The molecule has 2 aromatic carbocycles. The van der Waals surface area contributed by atoms with Crippen LogP contribution in [0.5, 0.6) is 17.2 Å². The van der Waals surface area contributed by atoms with Gasteiger partial charge in [0, 0.05) is 23.6 Å². The topological polar surface area (TPSA) is 43.3 Å². The van der Waals surface area contributed by atoms with Crippen molar-refractivity contribution in [2.75, 3.05) is 6.79 Å². The molecule has 0 unspecified atom stereocenters. The fourth-order valence-corrected chi connectivity index (χ4v) is 4.92. The van der Waals surface area contributed by atoms with Gasteiger partial charge in [-0.2, -0.15) is 5.10 Å². The van der Waals surface area contributed by atoms with Gasteiger partial charge in [0.05, 0.1) is 21.7 Å². The third kappa shape index (κ3) is 2.41. The van der Waals surface area contributed by atoms with E-state index in [1.165, 1.54) is 4.88 Å². The Labute approximate surface area is 170 Å². The highest BCUT2D eigenvalue weighted by Gasteiger charge is 2.42. The van der Waals surface area contributed by atoms with Gasteiger partial charge in [-0.1, -0.05) is 35.9 Å². The molecule has 3 aliphatic rings. The Morgan fingerprint density at radius 1 is 1.00 bits per heavy atom. The minimum Gasteiger partial charge on any atom is -0.464 e. The van der Waals surface area contributed by atoms with E-state index in [1.807, 2.05) is 29.3 Å². The molecule has 140 valence electrons. The van der Waals surface area contributed by atoms with Gasteiger partial charge < -0.3 is 14.2 Å². The van der Waals surface area contributed by atoms with E-state index in [2.05, 4.69) is 23.6 Å². The lowest BCUT2D eigenvalue weighted by molar-refractivity contribution is -0.0190. The highest BCUT2D eigenvalue weighted by atomic mass is 35.5. The maximum atomic E-state index is 6.61. The Hall–Kier alpha value is -2.70. The highest BCUT2D eigenvalue weighted by Crippen LogP contribution is 2.50. The fraction of sp³-hybridized carbons (Fsp3) is 0.190. The zero-order valence-electron chi connectivity index (χ0n) is 14.7. The monoisotopic (exact) mass is 410 g/mol. The van der Waals surface area contributed by atoms with Crippen molar-refractivity contribution in [2.24, 2.45) is 5.10 Å². The second-order valence-electron chi connectivity index (χ2n) is 6.86. The zero-order valence-corrected chi connectivity index (χ0v) is 16.2. The first-order chi connectivity index (χ1) is 13.8. The standard InChI is InChI=1S/C21H15ClN2O3S/c22-14-9-19-18(25-11-26-19)8-13(14)21-24-16(12-4-1-2-5-17(12)27-21)10-15(23-24)20-6-3-7-28-20/h1-9,16,21H,10-11H2/t16-,21-/m1/s1. The van der Waals surface area contributed by atoms with Crippen LogP contribution in [0.15, 0.2) is 59.0 Å². The molecule has 0 N–H and O–H groups in total. The van der Waals surface area contributed by atoms with Crippen molar-refractivity contribution >= 4 is 28.6 Å². The van der Waals surface area contributed by atoms with Gasteiger partial charge in [-0.25, -0.2) is 5.01 Å². The fourth-order valence-electron chi connectivity index (χ4n) is 3.95. The Morgan fingerprint density at radius 3 is 2.71 bits per heavy atom. The van der Waals surface area contributed by atoms with Gasteiger partial charge in [0.25, 0.3) is 0 Å². The minimum absolute atomic E-state index is 0.105. The molecule has 0 fully saturated rings. The van der Waals surface area contributed by atoms with E-state index < -0.39 is 6.23 Å². The molecule has 6 rings (SSSR count). The van der Waals surface area contributed by atoms with Crippen LogP contribution in [0.25, 0.3) is 0 Å². The molecule has 0 saturated carbocycles. The van der Waals surface area contributed by atoms with Crippen molar-refractivity contribution < 1.29 is 14.2 Å². The molecule has 4 heterocycles. The summed E-state index contributed by atoms with van der Waals surface area (Å²) in [6, 6.07) is 16.1. The third-order valence-electron chi connectivity index (χ3n) is 5.26. The first kappa shape index (κ1) is 16.3. The quantitative estimate of drug-likeness (QED) is 0.569. The normalized spacial score (nSPS) is 21.8. The number of nitrogens with zero attached hydrogens (tertiary/aromatic N) is 2. The number of rotatable bonds is 2. The molecule has 5 nitrogen and oxygen atoms in total. The predicted octanol–water partition coefficient (Wildman–Crippen LogP) is 5.37. The van der Waals surface area contributed by atoms with Crippen molar-refractivity contribution in [2.45, 2.75) is 18.7 Å². The highest BCUT2D eigenvalue weighted by molar-refractivity contribution is 7.12. The number of halogens is 1. The summed E-state index contributed by atoms with van der Waals surface area (Å²) in [4.78, 5) is 1.18. The third-order valence-corrected chi connectivity index (χ3v) is 6.51. The molecule has 0 amide bonds. The molecule has 7 heteroatoms. The van der Waals surface area contributed by atoms with E-state index in [4.69, 9.17) is 30.9 Å². The van der Waals surface area contributed by atoms with E-state index >= 15 is 0 Å². The summed E-state index contributed by atoms with van der Waals surface area (Å²) < 4.78 is 17.4. The van der Waals surface area contributed by atoms with Crippen molar-refractivity contribution in [3.05, 3.63) is 74.9 Å². The van der Waals surface area contributed by atoms with Crippen LogP contribution in [-0.4, -0.2) is 17.5 Å². The molecule has 28 heavy (non-hydrogen) atoms. The number of thiophene rings is 1. The number of para-hydroxylation sites is 1. The Bertz CT molecular complexity index is 1100. The van der Waals surface area contributed by atoms with Crippen LogP contribution in [0.1, 0.15) is 34.7 Å². The molecule has 0 spiro atoms. The van der Waals surface area contributed by atoms with E-state index in [1.54, 1.807) is 17.4 Å². The van der Waals surface area contributed by atoms with Gasteiger partial charge in [-0.05, 0) is 23.6 Å². The molecule has 3 aromatic rings. The lowest BCUT2D eigenvalue weighted by atomic mass is 9.97. The SMILES string of the molecule is Clc1cc2c(cc1[C@H]1Oc3ccccc3[C@H]3CC(c4cccs4)=NN31)OCO2. The molecular weight excluding hydrogens is 396 g/mol. The molecule has 0 aliphatic carbocycles. The maximum Gasteiger partial charge on any atom is 0.231 e. The number of hydrazone groups is 1. The second-order valence-corrected chi connectivity index (χ2v) is 8.21. The van der Waals surface area contributed by atoms with Crippen LogP contribution >= 0.6 is 22.9 Å². The number of hydrogen-bond donors (Lipinski definition) is 0. The van der Waals surface area contributed by atoms with Crippen molar-refractivity contribution in [1.29, 1.82) is 0 Å². The first-order valence-electron chi connectivity index (χ1n) is 9.02. The van der Waals surface area contributed by atoms with Crippen LogP contribution in [0.2, 0.25) is 5.02 Å². The summed E-state index contributed by atoms with van der Waals surface area (Å²) in [6.07, 6.45) is 0.402. The molecule has 0 radical (unpaired) electrons. The average Bonchev–Trinajstić information content (AvgIpc) is 3.45. The Kier molecular flexibility index (Phi) is 3.58. The van der Waals surface area contributed by atoms with Gasteiger partial charge >= 0.3 is 0 Å². The number of ether oxygens (including phenoxy) is 3. The zero-order chi connectivity index (χ0) is 18.7. The molecule has 0 bridgehead atoms. The number of benzene rings is 2. The molecule has 3 aliphatic heterocycles. The summed E-state index contributed by atoms with van der Waals surface area (Å²) in [5.74, 6) is 2.20. The average molecular weight is 411 g/mol. The van der Waals surface area contributed by atoms with Gasteiger partial charge in [-0.15, -0.1) is 11.3 Å². The summed E-state index contributed by atoms with van der Waals surface area (Å²) in [5.41, 5.74) is 3.04. The Morgan fingerprint density at radius 2 is 1.86 bits per heavy atom. The molecule has 1 aromatic heterocycles. The minimum atomic E-state index is -0.431. The summed E-state index contributed by atoms with van der Waals surface area (Å²) in [6.45, 7) is 0.205. The largest absolute Gasteiger partial charge is 0.464 e. The van der Waals surface area contributed by atoms with Crippen LogP contribution in [0.3, 0.4) is 0 Å². The van der Waals surface area contributed by atoms with E-state index in [0.29, 0.717) is 16.5 Å². The lowest BCUT2D eigenvalue weighted by Crippen LogP contribution is -2.33. The first-order valence-corrected chi connectivity index (χ1v) is 10.3. The number of fused-ring (bicyclic) bond motifs is 4. The summed E-state index contributed by atoms with van der Waals surface area (Å²) >= 11 is 8.31. The maximum absolute atomic E-state index is 6.61. The van der Waals surface area contributed by atoms with Crippen LogP contribution in [0, 0.1) is 0 Å². The van der Waals surface area contributed by atoms with Crippen LogP contribution in [0.4, 0.5) is 0 Å². The van der Waals surface area contributed by atoms with Gasteiger partial charge in [0.2, 0.25) is 13.0 Å².